The van der Waals surface area contributed by atoms with Gasteiger partial charge in [-0.25, -0.2) is 0 Å². The fourth-order valence-corrected chi connectivity index (χ4v) is 2.49. The lowest BCUT2D eigenvalue weighted by Gasteiger charge is -2.24. The van der Waals surface area contributed by atoms with Crippen LogP contribution in [0.3, 0.4) is 0 Å². The van der Waals surface area contributed by atoms with E-state index in [1.54, 1.807) is 43.6 Å². The zero-order valence-electron chi connectivity index (χ0n) is 13.4. The number of aliphatic hydroxyl groups is 1. The Morgan fingerprint density at radius 2 is 1.56 bits per heavy atom. The van der Waals surface area contributed by atoms with Crippen LogP contribution in [-0.2, 0) is 0 Å². The maximum absolute atomic E-state index is 11.9. The van der Waals surface area contributed by atoms with Gasteiger partial charge in [0.05, 0.1) is 12.1 Å². The Bertz CT molecular complexity index is 931. The molecule has 0 unspecified atom stereocenters. The summed E-state index contributed by atoms with van der Waals surface area (Å²) in [7, 11) is 0. The highest BCUT2D eigenvalue weighted by Gasteiger charge is 2.25. The van der Waals surface area contributed by atoms with E-state index in [1.807, 2.05) is 0 Å². The van der Waals surface area contributed by atoms with Gasteiger partial charge < -0.3 is 20.8 Å². The van der Waals surface area contributed by atoms with Crippen LogP contribution in [0.15, 0.2) is 58.4 Å². The van der Waals surface area contributed by atoms with Crippen molar-refractivity contribution in [2.45, 2.75) is 19.1 Å². The molecular weight excluding hydrogens is 322 g/mol. The third kappa shape index (κ3) is 3.36. The molecule has 2 atom stereocenters. The van der Waals surface area contributed by atoms with E-state index in [0.29, 0.717) is 11.3 Å². The minimum absolute atomic E-state index is 0.0999. The number of benzene rings is 1. The Kier molecular flexibility index (Phi) is 4.49. The molecule has 3 rings (SSSR count). The summed E-state index contributed by atoms with van der Waals surface area (Å²) in [6.07, 6.45) is 2.22. The number of aliphatic hydroxyl groups excluding tert-OH is 1. The number of hydrogen-bond acceptors (Lipinski definition) is 7. The first-order chi connectivity index (χ1) is 12.0. The second-order valence-electron chi connectivity index (χ2n) is 5.74. The average molecular weight is 339 g/mol. The molecule has 1 aromatic heterocycles. The maximum Gasteiger partial charge on any atom is 0.253 e. The van der Waals surface area contributed by atoms with Crippen LogP contribution in [0.2, 0.25) is 0 Å². The Morgan fingerprint density at radius 3 is 2.20 bits per heavy atom. The minimum Gasteiger partial charge on any atom is -0.508 e. The SMILES string of the molecule is C[C@H](Nc1c(Nc2ccncc2)c(=O)c1=O)[C@H](O)c1ccc(O)cc1. The number of pyridine rings is 1. The Morgan fingerprint density at radius 1 is 0.960 bits per heavy atom. The van der Waals surface area contributed by atoms with Crippen molar-refractivity contribution >= 4 is 17.1 Å². The smallest absolute Gasteiger partial charge is 0.253 e. The van der Waals surface area contributed by atoms with E-state index in [9.17, 15) is 19.8 Å². The summed E-state index contributed by atoms with van der Waals surface area (Å²) in [5.74, 6) is 0.0999. The highest BCUT2D eigenvalue weighted by atomic mass is 16.3. The highest BCUT2D eigenvalue weighted by molar-refractivity contribution is 5.78. The summed E-state index contributed by atoms with van der Waals surface area (Å²) in [6.45, 7) is 1.70. The largest absolute Gasteiger partial charge is 0.508 e. The van der Waals surface area contributed by atoms with Gasteiger partial charge in [-0.05, 0) is 36.8 Å². The zero-order chi connectivity index (χ0) is 18.0. The standard InChI is InChI=1S/C18H17N3O4/c1-10(16(23)11-2-4-13(22)5-3-11)20-14-15(18(25)17(14)24)21-12-6-8-19-9-7-12/h2-10,16,20,22-23H,1H3,(H,19,21)/t10-,16-/m0/s1. The lowest BCUT2D eigenvalue weighted by molar-refractivity contribution is 0.160. The molecule has 0 spiro atoms. The van der Waals surface area contributed by atoms with E-state index in [2.05, 4.69) is 15.6 Å². The predicted octanol–water partition coefficient (Wildman–Crippen LogP) is 1.66. The molecule has 0 radical (unpaired) electrons. The van der Waals surface area contributed by atoms with Crippen molar-refractivity contribution in [1.82, 2.24) is 4.98 Å². The van der Waals surface area contributed by atoms with E-state index < -0.39 is 23.0 Å². The molecule has 0 aliphatic rings. The number of phenolic OH excluding ortho intramolecular Hbond substituents is 1. The van der Waals surface area contributed by atoms with E-state index >= 15 is 0 Å². The topological polar surface area (TPSA) is 112 Å². The number of phenols is 1. The molecule has 0 fully saturated rings. The molecule has 1 heterocycles. The molecule has 0 amide bonds. The number of rotatable bonds is 6. The lowest BCUT2D eigenvalue weighted by atomic mass is 10.0. The number of anilines is 3. The number of nitrogens with one attached hydrogen (secondary N) is 2. The van der Waals surface area contributed by atoms with Crippen molar-refractivity contribution in [3.05, 3.63) is 74.8 Å². The summed E-state index contributed by atoms with van der Waals surface area (Å²) in [6, 6.07) is 8.96. The normalized spacial score (nSPS) is 13.4. The first kappa shape index (κ1) is 16.7. The van der Waals surface area contributed by atoms with Gasteiger partial charge in [-0.3, -0.25) is 14.6 Å². The van der Waals surface area contributed by atoms with E-state index in [4.69, 9.17) is 0 Å². The molecular formula is C18H17N3O4. The molecule has 4 N–H and O–H groups in total. The van der Waals surface area contributed by atoms with Crippen molar-refractivity contribution in [2.75, 3.05) is 10.6 Å². The van der Waals surface area contributed by atoms with Gasteiger partial charge in [0, 0.05) is 18.1 Å². The molecule has 0 bridgehead atoms. The molecule has 0 saturated carbocycles. The second-order valence-corrected chi connectivity index (χ2v) is 5.74. The molecule has 0 aliphatic heterocycles. The third-order valence-electron chi connectivity index (χ3n) is 3.94. The van der Waals surface area contributed by atoms with E-state index in [1.165, 1.54) is 12.1 Å². The first-order valence-electron chi connectivity index (χ1n) is 7.71. The van der Waals surface area contributed by atoms with Crippen molar-refractivity contribution in [3.63, 3.8) is 0 Å². The summed E-state index contributed by atoms with van der Waals surface area (Å²) in [4.78, 5) is 27.6. The first-order valence-corrected chi connectivity index (χ1v) is 7.71. The summed E-state index contributed by atoms with van der Waals surface area (Å²) >= 11 is 0. The molecule has 3 aromatic rings. The molecule has 2 aromatic carbocycles. The Balaban J connectivity index is 1.76. The van der Waals surface area contributed by atoms with Gasteiger partial charge in [-0.2, -0.15) is 0 Å². The van der Waals surface area contributed by atoms with Gasteiger partial charge in [0.2, 0.25) is 0 Å². The molecule has 128 valence electrons. The monoisotopic (exact) mass is 339 g/mol. The average Bonchev–Trinajstić information content (AvgIpc) is 2.65. The fraction of sp³-hybridized carbons (Fsp3) is 0.167. The van der Waals surface area contributed by atoms with Crippen molar-refractivity contribution in [2.24, 2.45) is 0 Å². The van der Waals surface area contributed by atoms with Crippen LogP contribution in [0.25, 0.3) is 0 Å². The molecule has 7 heteroatoms. The van der Waals surface area contributed by atoms with E-state index in [0.717, 1.165) is 0 Å². The van der Waals surface area contributed by atoms with Crippen molar-refractivity contribution in [1.29, 1.82) is 0 Å². The highest BCUT2D eigenvalue weighted by Crippen LogP contribution is 2.25. The summed E-state index contributed by atoms with van der Waals surface area (Å²) < 4.78 is 0. The quantitative estimate of drug-likeness (QED) is 0.505. The number of hydrogen-bond donors (Lipinski definition) is 4. The van der Waals surface area contributed by atoms with Crippen LogP contribution < -0.4 is 21.5 Å². The Hall–Kier alpha value is -3.19. The van der Waals surface area contributed by atoms with Crippen molar-refractivity contribution in [3.8, 4) is 5.75 Å². The van der Waals surface area contributed by atoms with Crippen LogP contribution >= 0.6 is 0 Å². The van der Waals surface area contributed by atoms with Gasteiger partial charge in [0.1, 0.15) is 17.1 Å². The van der Waals surface area contributed by atoms with Gasteiger partial charge in [0.15, 0.2) is 0 Å². The van der Waals surface area contributed by atoms with Gasteiger partial charge in [0.25, 0.3) is 10.9 Å². The van der Waals surface area contributed by atoms with Crippen LogP contribution in [0, 0.1) is 0 Å². The number of nitrogens with zero attached hydrogens (tertiary/aromatic N) is 1. The van der Waals surface area contributed by atoms with Crippen LogP contribution in [0.4, 0.5) is 17.1 Å². The predicted molar refractivity (Wildman–Crippen MR) is 95.0 cm³/mol. The summed E-state index contributed by atoms with van der Waals surface area (Å²) in [5, 5.41) is 25.5. The molecule has 0 saturated heterocycles. The minimum atomic E-state index is -0.918. The number of aromatic hydroxyl groups is 1. The van der Waals surface area contributed by atoms with E-state index in [-0.39, 0.29) is 17.1 Å². The number of aromatic nitrogens is 1. The van der Waals surface area contributed by atoms with Crippen LogP contribution in [0.1, 0.15) is 18.6 Å². The fourth-order valence-electron chi connectivity index (χ4n) is 2.49. The maximum atomic E-state index is 11.9. The third-order valence-corrected chi connectivity index (χ3v) is 3.94. The van der Waals surface area contributed by atoms with Gasteiger partial charge in [-0.15, -0.1) is 0 Å². The molecule has 25 heavy (non-hydrogen) atoms. The second kappa shape index (κ2) is 6.74. The zero-order valence-corrected chi connectivity index (χ0v) is 13.4. The Labute approximate surface area is 143 Å². The molecule has 0 aliphatic carbocycles. The lowest BCUT2D eigenvalue weighted by Crippen LogP contribution is -2.39. The summed E-state index contributed by atoms with van der Waals surface area (Å²) in [5.41, 5.74) is 0.303. The van der Waals surface area contributed by atoms with Gasteiger partial charge in [-0.1, -0.05) is 12.1 Å². The molecule has 7 nitrogen and oxygen atoms in total. The van der Waals surface area contributed by atoms with Gasteiger partial charge >= 0.3 is 0 Å². The van der Waals surface area contributed by atoms with Crippen molar-refractivity contribution < 1.29 is 10.2 Å². The van der Waals surface area contributed by atoms with Crippen LogP contribution in [0.5, 0.6) is 5.75 Å². The van der Waals surface area contributed by atoms with Crippen LogP contribution in [-0.4, -0.2) is 21.2 Å².